The lowest BCUT2D eigenvalue weighted by Gasteiger charge is -2.06. The zero-order chi connectivity index (χ0) is 10.8. The van der Waals surface area contributed by atoms with Gasteiger partial charge in [-0.05, 0) is 12.1 Å². The third kappa shape index (κ3) is 2.81. The molecule has 0 aromatic carbocycles. The van der Waals surface area contributed by atoms with E-state index >= 15 is 0 Å². The van der Waals surface area contributed by atoms with E-state index in [-0.39, 0.29) is 17.2 Å². The topological polar surface area (TPSA) is 76.1 Å². The maximum Gasteiger partial charge on any atom is 0.229 e. The van der Waals surface area contributed by atoms with E-state index in [0.29, 0.717) is 0 Å². The molecule has 76 valence electrons. The number of Topliss-reactive ketones (excluding diaryl/α,β-unsaturated/α-hetero) is 1. The molecule has 0 aliphatic rings. The number of hydrogen-bond acceptors (Lipinski definition) is 4. The van der Waals surface area contributed by atoms with Gasteiger partial charge in [0.15, 0.2) is 5.78 Å². The van der Waals surface area contributed by atoms with Crippen molar-refractivity contribution in [3.63, 3.8) is 0 Å². The first-order valence-electron chi connectivity index (χ1n) is 3.84. The average molecular weight is 214 g/mol. The van der Waals surface area contributed by atoms with E-state index in [1.165, 1.54) is 19.2 Å². The summed E-state index contributed by atoms with van der Waals surface area (Å²) in [6.45, 7) is 1.33. The van der Waals surface area contributed by atoms with E-state index in [9.17, 15) is 13.2 Å². The number of nitrogens with one attached hydrogen (secondary N) is 1. The van der Waals surface area contributed by atoms with Crippen LogP contribution in [0.1, 0.15) is 17.4 Å². The van der Waals surface area contributed by atoms with Crippen LogP contribution in [0.2, 0.25) is 0 Å². The molecule has 1 aromatic rings. The van der Waals surface area contributed by atoms with Gasteiger partial charge in [0.25, 0.3) is 0 Å². The predicted molar refractivity (Wildman–Crippen MR) is 52.7 cm³/mol. The highest BCUT2D eigenvalue weighted by Crippen LogP contribution is 2.13. The standard InChI is InChI=1S/C8H10N2O3S/c1-6(11)8-7(4-3-5-9-8)10-14(2,12)13/h3-5,10H,1-2H3. The Morgan fingerprint density at radius 1 is 1.50 bits per heavy atom. The van der Waals surface area contributed by atoms with Crippen molar-refractivity contribution in [3.8, 4) is 0 Å². The van der Waals surface area contributed by atoms with Crippen LogP contribution in [0.4, 0.5) is 5.69 Å². The van der Waals surface area contributed by atoms with E-state index in [1.807, 2.05) is 0 Å². The number of aromatic nitrogens is 1. The molecule has 0 atom stereocenters. The summed E-state index contributed by atoms with van der Waals surface area (Å²) in [6.07, 6.45) is 2.45. The Morgan fingerprint density at radius 3 is 2.64 bits per heavy atom. The summed E-state index contributed by atoms with van der Waals surface area (Å²) in [7, 11) is -3.38. The summed E-state index contributed by atoms with van der Waals surface area (Å²) in [4.78, 5) is 14.8. The molecule has 5 nitrogen and oxygen atoms in total. The molecule has 0 saturated carbocycles. The monoisotopic (exact) mass is 214 g/mol. The zero-order valence-corrected chi connectivity index (χ0v) is 8.63. The molecule has 14 heavy (non-hydrogen) atoms. The van der Waals surface area contributed by atoms with Gasteiger partial charge >= 0.3 is 0 Å². The first-order valence-corrected chi connectivity index (χ1v) is 5.73. The third-order valence-corrected chi connectivity index (χ3v) is 2.03. The highest BCUT2D eigenvalue weighted by Gasteiger charge is 2.10. The number of nitrogens with zero attached hydrogens (tertiary/aromatic N) is 1. The molecule has 1 rings (SSSR count). The number of sulfonamides is 1. The lowest BCUT2D eigenvalue weighted by molar-refractivity contribution is 0.101. The van der Waals surface area contributed by atoms with Crippen molar-refractivity contribution in [1.29, 1.82) is 0 Å². The number of hydrogen-bond donors (Lipinski definition) is 1. The van der Waals surface area contributed by atoms with Crippen LogP contribution >= 0.6 is 0 Å². The van der Waals surface area contributed by atoms with Crippen molar-refractivity contribution >= 4 is 21.5 Å². The van der Waals surface area contributed by atoms with Crippen molar-refractivity contribution in [2.75, 3.05) is 11.0 Å². The Balaban J connectivity index is 3.15. The average Bonchev–Trinajstić information content (AvgIpc) is 2.01. The van der Waals surface area contributed by atoms with Gasteiger partial charge in [0.05, 0.1) is 11.9 Å². The Hall–Kier alpha value is -1.43. The van der Waals surface area contributed by atoms with Crippen LogP contribution in [-0.2, 0) is 10.0 Å². The lowest BCUT2D eigenvalue weighted by atomic mass is 10.2. The Labute approximate surface area is 82.2 Å². The van der Waals surface area contributed by atoms with Crippen LogP contribution in [-0.4, -0.2) is 25.4 Å². The largest absolute Gasteiger partial charge is 0.293 e. The summed E-state index contributed by atoms with van der Waals surface area (Å²) in [5.41, 5.74) is 0.334. The number of rotatable bonds is 3. The van der Waals surface area contributed by atoms with Gasteiger partial charge in [0.2, 0.25) is 10.0 Å². The van der Waals surface area contributed by atoms with Gasteiger partial charge < -0.3 is 0 Å². The van der Waals surface area contributed by atoms with Crippen molar-refractivity contribution in [3.05, 3.63) is 24.0 Å². The minimum Gasteiger partial charge on any atom is -0.293 e. The van der Waals surface area contributed by atoms with E-state index in [1.54, 1.807) is 6.07 Å². The van der Waals surface area contributed by atoms with Crippen molar-refractivity contribution in [2.45, 2.75) is 6.92 Å². The summed E-state index contributed by atoms with van der Waals surface area (Å²) in [5, 5.41) is 0. The summed E-state index contributed by atoms with van der Waals surface area (Å²) in [5.74, 6) is -0.281. The molecule has 0 spiro atoms. The fourth-order valence-electron chi connectivity index (χ4n) is 0.968. The highest BCUT2D eigenvalue weighted by molar-refractivity contribution is 7.92. The smallest absolute Gasteiger partial charge is 0.229 e. The van der Waals surface area contributed by atoms with Crippen LogP contribution in [0, 0.1) is 0 Å². The molecule has 0 radical (unpaired) electrons. The normalized spacial score (nSPS) is 11.0. The van der Waals surface area contributed by atoms with Gasteiger partial charge in [-0.3, -0.25) is 14.5 Å². The third-order valence-electron chi connectivity index (χ3n) is 1.44. The van der Waals surface area contributed by atoms with Crippen LogP contribution in [0.25, 0.3) is 0 Å². The summed E-state index contributed by atoms with van der Waals surface area (Å²) < 4.78 is 24.1. The van der Waals surface area contributed by atoms with E-state index in [0.717, 1.165) is 6.26 Å². The van der Waals surface area contributed by atoms with Gasteiger partial charge in [-0.2, -0.15) is 0 Å². The maximum atomic E-state index is 11.1. The van der Waals surface area contributed by atoms with Gasteiger partial charge in [0.1, 0.15) is 5.69 Å². The summed E-state index contributed by atoms with van der Waals surface area (Å²) in [6, 6.07) is 3.05. The van der Waals surface area contributed by atoms with E-state index in [2.05, 4.69) is 9.71 Å². The molecule has 0 bridgehead atoms. The van der Waals surface area contributed by atoms with Gasteiger partial charge in [-0.15, -0.1) is 0 Å². The molecule has 6 heteroatoms. The van der Waals surface area contributed by atoms with Crippen LogP contribution in [0.5, 0.6) is 0 Å². The number of carbonyl (C=O) groups excluding carboxylic acids is 1. The minimum absolute atomic E-state index is 0.123. The van der Waals surface area contributed by atoms with Gasteiger partial charge in [-0.25, -0.2) is 8.42 Å². The Kier molecular flexibility index (Phi) is 2.85. The number of carbonyl (C=O) groups is 1. The minimum atomic E-state index is -3.38. The molecule has 0 aliphatic carbocycles. The van der Waals surface area contributed by atoms with Crippen molar-refractivity contribution in [1.82, 2.24) is 4.98 Å². The van der Waals surface area contributed by atoms with E-state index < -0.39 is 10.0 Å². The van der Waals surface area contributed by atoms with Gasteiger partial charge in [-0.1, -0.05) is 0 Å². The quantitative estimate of drug-likeness (QED) is 0.750. The first-order chi connectivity index (χ1) is 6.40. The number of pyridine rings is 1. The molecular formula is C8H10N2O3S. The second kappa shape index (κ2) is 3.75. The SMILES string of the molecule is CC(=O)c1ncccc1NS(C)(=O)=O. The van der Waals surface area contributed by atoms with Crippen LogP contribution in [0.3, 0.4) is 0 Å². The molecule has 1 heterocycles. The second-order valence-electron chi connectivity index (χ2n) is 2.83. The molecule has 0 amide bonds. The van der Waals surface area contributed by atoms with Crippen molar-refractivity contribution < 1.29 is 13.2 Å². The molecular weight excluding hydrogens is 204 g/mol. The Bertz CT molecular complexity index is 453. The molecule has 0 unspecified atom stereocenters. The van der Waals surface area contributed by atoms with Crippen molar-refractivity contribution in [2.24, 2.45) is 0 Å². The predicted octanol–water partition coefficient (Wildman–Crippen LogP) is 0.656. The molecule has 0 saturated heterocycles. The molecule has 0 aliphatic heterocycles. The maximum absolute atomic E-state index is 11.1. The van der Waals surface area contributed by atoms with Crippen LogP contribution in [0.15, 0.2) is 18.3 Å². The summed E-state index contributed by atoms with van der Waals surface area (Å²) >= 11 is 0. The first kappa shape index (κ1) is 10.6. The number of anilines is 1. The highest BCUT2D eigenvalue weighted by atomic mass is 32.2. The van der Waals surface area contributed by atoms with Crippen LogP contribution < -0.4 is 4.72 Å². The fraction of sp³-hybridized carbons (Fsp3) is 0.250. The number of ketones is 1. The lowest BCUT2D eigenvalue weighted by Crippen LogP contribution is -2.13. The second-order valence-corrected chi connectivity index (χ2v) is 4.58. The zero-order valence-electron chi connectivity index (χ0n) is 7.81. The molecule has 0 fully saturated rings. The van der Waals surface area contributed by atoms with E-state index in [4.69, 9.17) is 0 Å². The molecule has 1 N–H and O–H groups in total. The van der Waals surface area contributed by atoms with Gasteiger partial charge in [0, 0.05) is 13.1 Å². The molecule has 1 aromatic heterocycles. The fourth-order valence-corrected chi connectivity index (χ4v) is 1.53. The Morgan fingerprint density at radius 2 is 2.14 bits per heavy atom.